The molecule has 1 aliphatic heterocycles. The average molecular weight is 403 g/mol. The second kappa shape index (κ2) is 7.77. The van der Waals surface area contributed by atoms with E-state index in [0.29, 0.717) is 25.9 Å². The fourth-order valence-electron chi connectivity index (χ4n) is 2.77. The molecule has 0 unspecified atom stereocenters. The number of halogens is 1. The summed E-state index contributed by atoms with van der Waals surface area (Å²) in [6.45, 7) is 4.46. The van der Waals surface area contributed by atoms with Crippen LogP contribution in [0.5, 0.6) is 0 Å². The maximum atomic E-state index is 12.4. The standard InChI is InChI=1S/C16H23BrN2O3S/c1-3-23(21,22)19-9-7-13(8-10-19)16(20)18-12(2)14-5-4-6-15(17)11-14/h4-6,11-13H,3,7-10H2,1-2H3,(H,18,20)/t12-/m1/s1. The van der Waals surface area contributed by atoms with Gasteiger partial charge in [0, 0.05) is 23.5 Å². The van der Waals surface area contributed by atoms with Crippen LogP contribution >= 0.6 is 15.9 Å². The minimum Gasteiger partial charge on any atom is -0.349 e. The first kappa shape index (κ1) is 18.4. The predicted octanol–water partition coefficient (Wildman–Crippen LogP) is 2.69. The summed E-state index contributed by atoms with van der Waals surface area (Å²) in [5.41, 5.74) is 1.04. The average Bonchev–Trinajstić information content (AvgIpc) is 2.55. The number of sulfonamides is 1. The molecular formula is C16H23BrN2O3S. The Balaban J connectivity index is 1.90. The fourth-order valence-corrected chi connectivity index (χ4v) is 4.32. The first-order valence-electron chi connectivity index (χ1n) is 7.87. The first-order chi connectivity index (χ1) is 10.8. The number of hydrogen-bond acceptors (Lipinski definition) is 3. The van der Waals surface area contributed by atoms with E-state index in [1.54, 1.807) is 6.92 Å². The molecule has 0 aliphatic carbocycles. The highest BCUT2D eigenvalue weighted by Crippen LogP contribution is 2.22. The van der Waals surface area contributed by atoms with Gasteiger partial charge >= 0.3 is 0 Å². The van der Waals surface area contributed by atoms with Crippen molar-refractivity contribution in [3.05, 3.63) is 34.3 Å². The molecule has 1 fully saturated rings. The third-order valence-electron chi connectivity index (χ3n) is 4.29. The van der Waals surface area contributed by atoms with Crippen molar-refractivity contribution in [1.82, 2.24) is 9.62 Å². The van der Waals surface area contributed by atoms with Crippen molar-refractivity contribution in [3.63, 3.8) is 0 Å². The second-order valence-corrected chi connectivity index (χ2v) is 9.03. The predicted molar refractivity (Wildman–Crippen MR) is 94.5 cm³/mol. The molecule has 1 aromatic rings. The number of benzene rings is 1. The van der Waals surface area contributed by atoms with Crippen LogP contribution in [0.3, 0.4) is 0 Å². The van der Waals surface area contributed by atoms with Crippen LogP contribution in [0.15, 0.2) is 28.7 Å². The van der Waals surface area contributed by atoms with Crippen LogP contribution in [0.25, 0.3) is 0 Å². The first-order valence-corrected chi connectivity index (χ1v) is 10.3. The van der Waals surface area contributed by atoms with Gasteiger partial charge in [-0.05, 0) is 44.4 Å². The van der Waals surface area contributed by atoms with Crippen molar-refractivity contribution in [2.75, 3.05) is 18.8 Å². The Morgan fingerprint density at radius 1 is 1.39 bits per heavy atom. The Bertz CT molecular complexity index is 655. The minimum absolute atomic E-state index is 0.00558. The number of carbonyl (C=O) groups excluding carboxylic acids is 1. The van der Waals surface area contributed by atoms with Crippen molar-refractivity contribution < 1.29 is 13.2 Å². The van der Waals surface area contributed by atoms with Crippen molar-refractivity contribution >= 4 is 31.9 Å². The summed E-state index contributed by atoms with van der Waals surface area (Å²) in [6, 6.07) is 7.78. The molecule has 7 heteroatoms. The maximum Gasteiger partial charge on any atom is 0.223 e. The highest BCUT2D eigenvalue weighted by molar-refractivity contribution is 9.10. The maximum absolute atomic E-state index is 12.4. The van der Waals surface area contributed by atoms with Gasteiger partial charge in [-0.25, -0.2) is 12.7 Å². The second-order valence-electron chi connectivity index (χ2n) is 5.86. The van der Waals surface area contributed by atoms with E-state index in [2.05, 4.69) is 21.2 Å². The van der Waals surface area contributed by atoms with Crippen LogP contribution in [-0.4, -0.2) is 37.5 Å². The monoisotopic (exact) mass is 402 g/mol. The highest BCUT2D eigenvalue weighted by atomic mass is 79.9. The van der Waals surface area contributed by atoms with Gasteiger partial charge in [-0.1, -0.05) is 28.1 Å². The number of nitrogens with zero attached hydrogens (tertiary/aromatic N) is 1. The molecule has 1 N–H and O–H groups in total. The quantitative estimate of drug-likeness (QED) is 0.822. The molecule has 5 nitrogen and oxygen atoms in total. The Morgan fingerprint density at radius 2 is 2.04 bits per heavy atom. The van der Waals surface area contributed by atoms with Crippen LogP contribution < -0.4 is 5.32 Å². The number of amides is 1. The lowest BCUT2D eigenvalue weighted by atomic mass is 9.96. The van der Waals surface area contributed by atoms with E-state index >= 15 is 0 Å². The third-order valence-corrected chi connectivity index (χ3v) is 6.67. The Morgan fingerprint density at radius 3 is 2.61 bits per heavy atom. The zero-order chi connectivity index (χ0) is 17.0. The number of hydrogen-bond donors (Lipinski definition) is 1. The zero-order valence-corrected chi connectivity index (χ0v) is 15.9. The topological polar surface area (TPSA) is 66.5 Å². The van der Waals surface area contributed by atoms with E-state index in [1.807, 2.05) is 31.2 Å². The van der Waals surface area contributed by atoms with E-state index in [1.165, 1.54) is 4.31 Å². The molecule has 0 saturated carbocycles. The van der Waals surface area contributed by atoms with Gasteiger partial charge in [0.15, 0.2) is 0 Å². The zero-order valence-electron chi connectivity index (χ0n) is 13.5. The van der Waals surface area contributed by atoms with Gasteiger partial charge in [0.1, 0.15) is 0 Å². The van der Waals surface area contributed by atoms with E-state index < -0.39 is 10.0 Å². The summed E-state index contributed by atoms with van der Waals surface area (Å²) in [4.78, 5) is 12.4. The molecule has 1 aromatic carbocycles. The normalized spacial score (nSPS) is 18.6. The lowest BCUT2D eigenvalue weighted by Crippen LogP contribution is -2.43. The molecule has 23 heavy (non-hydrogen) atoms. The van der Waals surface area contributed by atoms with Gasteiger partial charge in [-0.2, -0.15) is 0 Å². The molecule has 0 bridgehead atoms. The molecule has 0 aromatic heterocycles. The number of nitrogens with one attached hydrogen (secondary N) is 1. The summed E-state index contributed by atoms with van der Waals surface area (Å²) in [5, 5.41) is 3.03. The van der Waals surface area contributed by atoms with E-state index in [0.717, 1.165) is 10.0 Å². The van der Waals surface area contributed by atoms with Crippen LogP contribution in [0.2, 0.25) is 0 Å². The van der Waals surface area contributed by atoms with Gasteiger partial charge in [-0.3, -0.25) is 4.79 Å². The Kier molecular flexibility index (Phi) is 6.22. The summed E-state index contributed by atoms with van der Waals surface area (Å²) >= 11 is 3.43. The molecule has 1 saturated heterocycles. The van der Waals surface area contributed by atoms with Crippen molar-refractivity contribution in [3.8, 4) is 0 Å². The Labute approximate surface area is 146 Å². The van der Waals surface area contributed by atoms with Crippen LogP contribution in [0, 0.1) is 5.92 Å². The molecule has 1 heterocycles. The smallest absolute Gasteiger partial charge is 0.223 e. The van der Waals surface area contributed by atoms with Gasteiger partial charge in [0.05, 0.1) is 11.8 Å². The van der Waals surface area contributed by atoms with Gasteiger partial charge < -0.3 is 5.32 Å². The molecule has 1 amide bonds. The van der Waals surface area contributed by atoms with Gasteiger partial charge in [0.2, 0.25) is 15.9 Å². The molecule has 1 atom stereocenters. The number of rotatable bonds is 5. The van der Waals surface area contributed by atoms with Crippen LogP contribution in [-0.2, 0) is 14.8 Å². The molecule has 0 spiro atoms. The molecule has 0 radical (unpaired) electrons. The summed E-state index contributed by atoms with van der Waals surface area (Å²) in [6.07, 6.45) is 1.16. The Hall–Kier alpha value is -0.920. The largest absolute Gasteiger partial charge is 0.349 e. The van der Waals surface area contributed by atoms with Crippen LogP contribution in [0.4, 0.5) is 0 Å². The molecule has 128 valence electrons. The fraction of sp³-hybridized carbons (Fsp3) is 0.562. The van der Waals surface area contributed by atoms with Crippen LogP contribution in [0.1, 0.15) is 38.3 Å². The van der Waals surface area contributed by atoms with E-state index in [4.69, 9.17) is 0 Å². The lowest BCUT2D eigenvalue weighted by molar-refractivity contribution is -0.126. The minimum atomic E-state index is -3.14. The summed E-state index contributed by atoms with van der Waals surface area (Å²) in [7, 11) is -3.14. The van der Waals surface area contributed by atoms with Crippen molar-refractivity contribution in [2.24, 2.45) is 5.92 Å². The van der Waals surface area contributed by atoms with Gasteiger partial charge in [0.25, 0.3) is 0 Å². The van der Waals surface area contributed by atoms with Gasteiger partial charge in [-0.15, -0.1) is 0 Å². The summed E-state index contributed by atoms with van der Waals surface area (Å²) in [5.74, 6) is 0.00276. The summed E-state index contributed by atoms with van der Waals surface area (Å²) < 4.78 is 26.2. The van der Waals surface area contributed by atoms with E-state index in [9.17, 15) is 13.2 Å². The van der Waals surface area contributed by atoms with Crippen molar-refractivity contribution in [2.45, 2.75) is 32.7 Å². The number of piperidine rings is 1. The lowest BCUT2D eigenvalue weighted by Gasteiger charge is -2.31. The molecule has 2 rings (SSSR count). The number of carbonyl (C=O) groups is 1. The SMILES string of the molecule is CCS(=O)(=O)N1CCC(C(=O)N[C@H](C)c2cccc(Br)c2)CC1. The van der Waals surface area contributed by atoms with Crippen molar-refractivity contribution in [1.29, 1.82) is 0 Å². The molecular weight excluding hydrogens is 380 g/mol. The van der Waals surface area contributed by atoms with E-state index in [-0.39, 0.29) is 23.6 Å². The third kappa shape index (κ3) is 4.78. The highest BCUT2D eigenvalue weighted by Gasteiger charge is 2.30. The molecule has 1 aliphatic rings.